The molecule has 106 valence electrons. The normalized spacial score (nSPS) is 25.2. The van der Waals surface area contributed by atoms with Gasteiger partial charge in [0.1, 0.15) is 0 Å². The van der Waals surface area contributed by atoms with Gasteiger partial charge < -0.3 is 5.32 Å². The van der Waals surface area contributed by atoms with Gasteiger partial charge in [-0.2, -0.15) is 0 Å². The minimum absolute atomic E-state index is 0.472. The van der Waals surface area contributed by atoms with Crippen LogP contribution in [0.25, 0.3) is 0 Å². The largest absolute Gasteiger partial charge is 0.313 e. The predicted octanol–water partition coefficient (Wildman–Crippen LogP) is 3.04. The molecule has 1 aromatic heterocycles. The van der Waals surface area contributed by atoms with Crippen molar-refractivity contribution in [3.8, 4) is 0 Å². The van der Waals surface area contributed by atoms with E-state index in [1.165, 1.54) is 54.4 Å². The summed E-state index contributed by atoms with van der Waals surface area (Å²) < 4.78 is 0. The molecule has 1 saturated carbocycles. The molecule has 4 heteroatoms. The first kappa shape index (κ1) is 13.5. The maximum absolute atomic E-state index is 4.77. The summed E-state index contributed by atoms with van der Waals surface area (Å²) in [5.74, 6) is 0. The highest BCUT2D eigenvalue weighted by Gasteiger charge is 2.35. The van der Waals surface area contributed by atoms with Crippen molar-refractivity contribution in [2.45, 2.75) is 64.6 Å². The van der Waals surface area contributed by atoms with Crippen molar-refractivity contribution in [3.63, 3.8) is 0 Å². The number of aryl methyl sites for hydroxylation is 2. The Hall–Kier alpha value is -0.450. The molecular weight excluding hydrogens is 254 g/mol. The minimum atomic E-state index is 0.472. The van der Waals surface area contributed by atoms with Gasteiger partial charge in [0.2, 0.25) is 0 Å². The van der Waals surface area contributed by atoms with E-state index >= 15 is 0 Å². The molecule has 1 saturated heterocycles. The van der Waals surface area contributed by atoms with E-state index in [0.717, 1.165) is 6.04 Å². The summed E-state index contributed by atoms with van der Waals surface area (Å²) in [5, 5.41) is 4.84. The lowest BCUT2D eigenvalue weighted by molar-refractivity contribution is 0.179. The second-order valence-corrected chi connectivity index (χ2v) is 7.48. The molecule has 0 bridgehead atoms. The van der Waals surface area contributed by atoms with Gasteiger partial charge in [0, 0.05) is 23.5 Å². The van der Waals surface area contributed by atoms with Crippen LogP contribution in [0.1, 0.15) is 54.2 Å². The van der Waals surface area contributed by atoms with Gasteiger partial charge in [0.05, 0.1) is 16.7 Å². The summed E-state index contributed by atoms with van der Waals surface area (Å²) >= 11 is 1.84. The van der Waals surface area contributed by atoms with Crippen molar-refractivity contribution < 1.29 is 0 Å². The van der Waals surface area contributed by atoms with E-state index < -0.39 is 0 Å². The first-order valence-electron chi connectivity index (χ1n) is 7.58. The molecule has 0 spiro atoms. The van der Waals surface area contributed by atoms with E-state index in [-0.39, 0.29) is 0 Å². The third-order valence-corrected chi connectivity index (χ3v) is 5.34. The quantitative estimate of drug-likeness (QED) is 0.898. The highest BCUT2D eigenvalue weighted by atomic mass is 32.1. The topological polar surface area (TPSA) is 28.2 Å². The lowest BCUT2D eigenvalue weighted by Gasteiger charge is -2.31. The SMILES string of the molecule is Cc1nc(C(C)N(CC2CCCN2)C2CC2)c(C)s1. The average Bonchev–Trinajstić information content (AvgIpc) is 2.97. The molecule has 2 atom stereocenters. The molecule has 2 aliphatic rings. The Labute approximate surface area is 120 Å². The highest BCUT2D eigenvalue weighted by Crippen LogP contribution is 2.36. The van der Waals surface area contributed by atoms with Crippen LogP contribution in [0.4, 0.5) is 0 Å². The second kappa shape index (κ2) is 5.51. The molecule has 0 amide bonds. The van der Waals surface area contributed by atoms with E-state index in [1.54, 1.807) is 0 Å². The molecule has 1 N–H and O–H groups in total. The van der Waals surface area contributed by atoms with Gasteiger partial charge in [0.25, 0.3) is 0 Å². The summed E-state index contributed by atoms with van der Waals surface area (Å²) in [6.45, 7) is 9.08. The monoisotopic (exact) mass is 279 g/mol. The highest BCUT2D eigenvalue weighted by molar-refractivity contribution is 7.11. The molecule has 3 rings (SSSR count). The molecule has 3 nitrogen and oxygen atoms in total. The molecular formula is C15H25N3S. The Morgan fingerprint density at radius 1 is 1.37 bits per heavy atom. The first-order chi connectivity index (χ1) is 9.15. The third kappa shape index (κ3) is 3.01. The summed E-state index contributed by atoms with van der Waals surface area (Å²) in [6, 6.07) is 1.97. The van der Waals surface area contributed by atoms with Crippen molar-refractivity contribution in [3.05, 3.63) is 15.6 Å². The Bertz CT molecular complexity index is 433. The van der Waals surface area contributed by atoms with Gasteiger partial charge in [0.15, 0.2) is 0 Å². The zero-order chi connectivity index (χ0) is 13.4. The van der Waals surface area contributed by atoms with Gasteiger partial charge >= 0.3 is 0 Å². The van der Waals surface area contributed by atoms with Crippen molar-refractivity contribution in [1.29, 1.82) is 0 Å². The summed E-state index contributed by atoms with van der Waals surface area (Å²) in [7, 11) is 0. The molecule has 19 heavy (non-hydrogen) atoms. The zero-order valence-corrected chi connectivity index (χ0v) is 13.1. The zero-order valence-electron chi connectivity index (χ0n) is 12.3. The number of nitrogens with one attached hydrogen (secondary N) is 1. The maximum Gasteiger partial charge on any atom is 0.0900 e. The van der Waals surface area contributed by atoms with E-state index in [1.807, 2.05) is 11.3 Å². The van der Waals surface area contributed by atoms with Crippen LogP contribution in [0.15, 0.2) is 0 Å². The fourth-order valence-electron chi connectivity index (χ4n) is 3.29. The maximum atomic E-state index is 4.77. The van der Waals surface area contributed by atoms with Crippen LogP contribution >= 0.6 is 11.3 Å². The number of hydrogen-bond acceptors (Lipinski definition) is 4. The molecule has 1 aliphatic carbocycles. The molecule has 0 aromatic carbocycles. The number of hydrogen-bond donors (Lipinski definition) is 1. The van der Waals surface area contributed by atoms with Crippen molar-refractivity contribution in [2.75, 3.05) is 13.1 Å². The van der Waals surface area contributed by atoms with Crippen molar-refractivity contribution in [1.82, 2.24) is 15.2 Å². The van der Waals surface area contributed by atoms with Gasteiger partial charge in [-0.15, -0.1) is 11.3 Å². The van der Waals surface area contributed by atoms with Crippen LogP contribution in [0.2, 0.25) is 0 Å². The standard InChI is InChI=1S/C15H25N3S/c1-10(15-11(2)19-12(3)17-15)18(14-6-7-14)9-13-5-4-8-16-13/h10,13-14,16H,4-9H2,1-3H3. The Kier molecular flexibility index (Phi) is 3.92. The molecule has 2 fully saturated rings. The summed E-state index contributed by atoms with van der Waals surface area (Å²) in [6.07, 6.45) is 5.43. The van der Waals surface area contributed by atoms with Crippen LogP contribution in [-0.4, -0.2) is 35.1 Å². The smallest absolute Gasteiger partial charge is 0.0900 e. The number of aromatic nitrogens is 1. The van der Waals surface area contributed by atoms with E-state index in [0.29, 0.717) is 12.1 Å². The van der Waals surface area contributed by atoms with Crippen molar-refractivity contribution >= 4 is 11.3 Å². The van der Waals surface area contributed by atoms with E-state index in [2.05, 4.69) is 31.0 Å². The van der Waals surface area contributed by atoms with Crippen LogP contribution < -0.4 is 5.32 Å². The van der Waals surface area contributed by atoms with Crippen molar-refractivity contribution in [2.24, 2.45) is 0 Å². The summed E-state index contributed by atoms with van der Waals surface area (Å²) in [4.78, 5) is 8.87. The third-order valence-electron chi connectivity index (χ3n) is 4.44. The second-order valence-electron chi connectivity index (χ2n) is 6.07. The Morgan fingerprint density at radius 2 is 2.16 bits per heavy atom. The number of nitrogens with zero attached hydrogens (tertiary/aromatic N) is 2. The molecule has 1 aromatic rings. The average molecular weight is 279 g/mol. The fourth-order valence-corrected chi connectivity index (χ4v) is 4.19. The lowest BCUT2D eigenvalue weighted by atomic mass is 10.1. The lowest BCUT2D eigenvalue weighted by Crippen LogP contribution is -2.40. The van der Waals surface area contributed by atoms with E-state index in [9.17, 15) is 0 Å². The van der Waals surface area contributed by atoms with Crippen LogP contribution in [0, 0.1) is 13.8 Å². The van der Waals surface area contributed by atoms with E-state index in [4.69, 9.17) is 4.98 Å². The minimum Gasteiger partial charge on any atom is -0.313 e. The van der Waals surface area contributed by atoms with Gasteiger partial charge in [-0.1, -0.05) is 0 Å². The number of thiazole rings is 1. The first-order valence-corrected chi connectivity index (χ1v) is 8.40. The molecule has 2 unspecified atom stereocenters. The van der Waals surface area contributed by atoms with Crippen LogP contribution in [0.5, 0.6) is 0 Å². The van der Waals surface area contributed by atoms with Crippen LogP contribution in [-0.2, 0) is 0 Å². The van der Waals surface area contributed by atoms with Gasteiger partial charge in [-0.05, 0) is 53.0 Å². The summed E-state index contributed by atoms with van der Waals surface area (Å²) in [5.41, 5.74) is 1.31. The Balaban J connectivity index is 1.73. The number of rotatable bonds is 5. The van der Waals surface area contributed by atoms with Gasteiger partial charge in [-0.25, -0.2) is 4.98 Å². The predicted molar refractivity (Wildman–Crippen MR) is 80.8 cm³/mol. The van der Waals surface area contributed by atoms with Gasteiger partial charge in [-0.3, -0.25) is 4.90 Å². The van der Waals surface area contributed by atoms with Crippen LogP contribution in [0.3, 0.4) is 0 Å². The fraction of sp³-hybridized carbons (Fsp3) is 0.800. The Morgan fingerprint density at radius 3 is 2.68 bits per heavy atom. The molecule has 2 heterocycles. The molecule has 1 aliphatic heterocycles. The molecule has 0 radical (unpaired) electrons.